The lowest BCUT2D eigenvalue weighted by molar-refractivity contribution is -0.169. The van der Waals surface area contributed by atoms with Crippen LogP contribution >= 0.6 is 11.3 Å². The van der Waals surface area contributed by atoms with Crippen LogP contribution in [0.15, 0.2) is 46.0 Å². The van der Waals surface area contributed by atoms with Crippen LogP contribution in [0.5, 0.6) is 0 Å². The van der Waals surface area contributed by atoms with E-state index in [1.54, 1.807) is 11.1 Å². The number of morpholine rings is 1. The molecular formula is C24H27F2N5O5S. The number of hydrogen-bond donors (Lipinski definition) is 3. The number of benzene rings is 1. The molecule has 0 saturated carbocycles. The molecule has 1 aromatic carbocycles. The van der Waals surface area contributed by atoms with Crippen molar-refractivity contribution < 1.29 is 33.0 Å². The highest BCUT2D eigenvalue weighted by atomic mass is 32.1. The summed E-state index contributed by atoms with van der Waals surface area (Å²) >= 11 is 1.41. The molecule has 0 radical (unpaired) electrons. The Balaban J connectivity index is 0.000000301. The van der Waals surface area contributed by atoms with E-state index in [-0.39, 0.29) is 26.3 Å². The standard InChI is InChI=1S/C17H21N5O5S.C7H6F2/c1-26-14(23)10-6-20-12(13-19-4-5-28-13)21-11(10)7-22-16(15(24)25)2-3-17(22,18)9-27-8-16;1-5-3-2-4-6(8)7(5)9/h4-5H,2-3,6-9,18H2,1H3,(H,20,21)(H,24,25);2-4H,1H3. The molecule has 2 unspecified atom stereocenters. The number of hydrogen-bond acceptors (Lipinski definition) is 10. The van der Waals surface area contributed by atoms with Crippen molar-refractivity contribution in [2.45, 2.75) is 31.0 Å². The van der Waals surface area contributed by atoms with E-state index in [9.17, 15) is 23.5 Å². The number of ether oxygens (including phenoxy) is 2. The zero-order chi connectivity index (χ0) is 26.8. The summed E-state index contributed by atoms with van der Waals surface area (Å²) in [6.45, 7) is 2.07. The lowest BCUT2D eigenvalue weighted by Crippen LogP contribution is -2.69. The fourth-order valence-electron chi connectivity index (χ4n) is 4.60. The maximum atomic E-state index is 12.4. The minimum absolute atomic E-state index is 0.0511. The predicted molar refractivity (Wildman–Crippen MR) is 131 cm³/mol. The number of aliphatic imine (C=N–C) groups is 1. The number of nitrogens with one attached hydrogen (secondary N) is 1. The van der Waals surface area contributed by atoms with E-state index in [2.05, 4.69) is 15.3 Å². The third-order valence-electron chi connectivity index (χ3n) is 6.67. The second-order valence-corrected chi connectivity index (χ2v) is 9.86. The van der Waals surface area contributed by atoms with Gasteiger partial charge in [-0.1, -0.05) is 12.1 Å². The van der Waals surface area contributed by atoms with Crippen molar-refractivity contribution in [1.82, 2.24) is 15.2 Å². The average molecular weight is 536 g/mol. The average Bonchev–Trinajstić information content (AvgIpc) is 3.46. The van der Waals surface area contributed by atoms with E-state index < -0.39 is 34.8 Å². The molecule has 37 heavy (non-hydrogen) atoms. The number of carbonyl (C=O) groups excluding carboxylic acids is 1. The molecule has 0 spiro atoms. The van der Waals surface area contributed by atoms with Crippen LogP contribution < -0.4 is 11.1 Å². The molecule has 5 rings (SSSR count). The summed E-state index contributed by atoms with van der Waals surface area (Å²) in [6.07, 6.45) is 2.54. The molecule has 0 amide bonds. The van der Waals surface area contributed by atoms with Gasteiger partial charge in [-0.05, 0) is 31.4 Å². The minimum Gasteiger partial charge on any atom is -0.480 e. The Kier molecular flexibility index (Phi) is 7.69. The lowest BCUT2D eigenvalue weighted by Gasteiger charge is -2.47. The van der Waals surface area contributed by atoms with E-state index in [0.29, 0.717) is 40.5 Å². The SMILES string of the molecule is COC(=O)C1=C(CN2C3(N)CCC2(C(=O)O)COC3)NC(c2nccs2)=NC1.Cc1cccc(F)c1F. The van der Waals surface area contributed by atoms with Crippen LogP contribution in [0.1, 0.15) is 23.4 Å². The number of halogens is 2. The van der Waals surface area contributed by atoms with Gasteiger partial charge in [0.25, 0.3) is 0 Å². The number of esters is 1. The molecule has 2 bridgehead atoms. The molecule has 13 heteroatoms. The normalized spacial score (nSPS) is 25.1. The Morgan fingerprint density at radius 3 is 2.73 bits per heavy atom. The fourth-order valence-corrected chi connectivity index (χ4v) is 5.20. The quantitative estimate of drug-likeness (QED) is 0.489. The summed E-state index contributed by atoms with van der Waals surface area (Å²) in [6, 6.07) is 4.11. The topological polar surface area (TPSA) is 139 Å². The van der Waals surface area contributed by atoms with Gasteiger partial charge in [-0.3, -0.25) is 14.7 Å². The van der Waals surface area contributed by atoms with Gasteiger partial charge in [-0.25, -0.2) is 18.6 Å². The molecule has 198 valence electrons. The molecule has 1 aromatic heterocycles. The first-order valence-electron chi connectivity index (χ1n) is 11.4. The molecule has 2 aromatic rings. The maximum Gasteiger partial charge on any atom is 0.337 e. The van der Waals surface area contributed by atoms with Gasteiger partial charge in [0, 0.05) is 23.8 Å². The van der Waals surface area contributed by atoms with Gasteiger partial charge >= 0.3 is 11.9 Å². The molecular weight excluding hydrogens is 508 g/mol. The first-order chi connectivity index (χ1) is 17.6. The highest BCUT2D eigenvalue weighted by Crippen LogP contribution is 2.43. The first-order valence-corrected chi connectivity index (χ1v) is 12.3. The number of fused-ring (bicyclic) bond motifs is 2. The van der Waals surface area contributed by atoms with E-state index in [1.165, 1.54) is 37.5 Å². The molecule has 2 saturated heterocycles. The van der Waals surface area contributed by atoms with Crippen LogP contribution in [0.4, 0.5) is 8.78 Å². The van der Waals surface area contributed by atoms with E-state index in [0.717, 1.165) is 6.07 Å². The summed E-state index contributed by atoms with van der Waals surface area (Å²) in [5.41, 5.74) is 5.57. The maximum absolute atomic E-state index is 12.4. The number of carboxylic acids is 1. The molecule has 2 fully saturated rings. The van der Waals surface area contributed by atoms with Crippen molar-refractivity contribution in [3.05, 3.63) is 63.3 Å². The van der Waals surface area contributed by atoms with Gasteiger partial charge in [-0.15, -0.1) is 11.3 Å². The fraction of sp³-hybridized carbons (Fsp3) is 0.417. The van der Waals surface area contributed by atoms with Crippen molar-refractivity contribution in [3.63, 3.8) is 0 Å². The van der Waals surface area contributed by atoms with Gasteiger partial charge in [0.2, 0.25) is 0 Å². The largest absolute Gasteiger partial charge is 0.480 e. The van der Waals surface area contributed by atoms with Crippen molar-refractivity contribution in [2.24, 2.45) is 10.7 Å². The number of methoxy groups -OCH3 is 1. The molecule has 10 nitrogen and oxygen atoms in total. The van der Waals surface area contributed by atoms with Crippen LogP contribution in [-0.2, 0) is 19.1 Å². The second-order valence-electron chi connectivity index (χ2n) is 8.97. The number of nitrogens with two attached hydrogens (primary N) is 1. The summed E-state index contributed by atoms with van der Waals surface area (Å²) < 4.78 is 35.0. The molecule has 0 aliphatic carbocycles. The molecule has 2 atom stereocenters. The zero-order valence-corrected chi connectivity index (χ0v) is 21.1. The Labute approximate surface area is 215 Å². The van der Waals surface area contributed by atoms with Crippen molar-refractivity contribution in [1.29, 1.82) is 0 Å². The molecule has 3 aliphatic rings. The summed E-state index contributed by atoms with van der Waals surface area (Å²) in [4.78, 5) is 34.8. The van der Waals surface area contributed by atoms with Gasteiger partial charge < -0.3 is 25.6 Å². The predicted octanol–water partition coefficient (Wildman–Crippen LogP) is 1.80. The van der Waals surface area contributed by atoms with E-state index >= 15 is 0 Å². The van der Waals surface area contributed by atoms with Crippen LogP contribution in [0.3, 0.4) is 0 Å². The highest BCUT2D eigenvalue weighted by Gasteiger charge is 2.61. The Bertz CT molecular complexity index is 1230. The molecule has 3 aliphatic heterocycles. The number of nitrogens with zero attached hydrogens (tertiary/aromatic N) is 3. The van der Waals surface area contributed by atoms with Crippen molar-refractivity contribution in [3.8, 4) is 0 Å². The zero-order valence-electron chi connectivity index (χ0n) is 20.3. The first kappa shape index (κ1) is 26.8. The number of aliphatic carboxylic acids is 1. The molecule has 4 heterocycles. The van der Waals surface area contributed by atoms with Gasteiger partial charge in [0.1, 0.15) is 5.54 Å². The van der Waals surface area contributed by atoms with Crippen LogP contribution in [0.25, 0.3) is 0 Å². The highest BCUT2D eigenvalue weighted by molar-refractivity contribution is 7.11. The number of carbonyl (C=O) groups is 2. The van der Waals surface area contributed by atoms with E-state index in [1.807, 2.05) is 5.38 Å². The number of rotatable bonds is 5. The summed E-state index contributed by atoms with van der Waals surface area (Å²) in [5.74, 6) is -2.49. The number of aryl methyl sites for hydroxylation is 1. The van der Waals surface area contributed by atoms with Gasteiger partial charge in [-0.2, -0.15) is 0 Å². The van der Waals surface area contributed by atoms with Gasteiger partial charge in [0.05, 0.1) is 38.1 Å². The minimum atomic E-state index is -1.22. The lowest BCUT2D eigenvalue weighted by atomic mass is 9.96. The van der Waals surface area contributed by atoms with Crippen molar-refractivity contribution in [2.75, 3.05) is 33.4 Å². The summed E-state index contributed by atoms with van der Waals surface area (Å²) in [7, 11) is 1.30. The van der Waals surface area contributed by atoms with Gasteiger partial charge in [0.15, 0.2) is 22.5 Å². The number of thiazole rings is 1. The number of carboxylic acid groups (broad SMARTS) is 1. The monoisotopic (exact) mass is 535 g/mol. The smallest absolute Gasteiger partial charge is 0.337 e. The second kappa shape index (κ2) is 10.6. The number of aromatic nitrogens is 1. The number of amidine groups is 1. The Morgan fingerprint density at radius 1 is 1.32 bits per heavy atom. The molecule has 4 N–H and O–H groups in total. The van der Waals surface area contributed by atoms with Crippen LogP contribution in [0.2, 0.25) is 0 Å². The van der Waals surface area contributed by atoms with Crippen LogP contribution in [-0.4, -0.2) is 77.4 Å². The summed E-state index contributed by atoms with van der Waals surface area (Å²) in [5, 5.41) is 15.6. The van der Waals surface area contributed by atoms with Crippen LogP contribution in [0, 0.1) is 18.6 Å². The third kappa shape index (κ3) is 5.12. The third-order valence-corrected chi connectivity index (χ3v) is 7.45. The van der Waals surface area contributed by atoms with Crippen molar-refractivity contribution >= 4 is 29.1 Å². The van der Waals surface area contributed by atoms with E-state index in [4.69, 9.17) is 15.2 Å². The Hall–Kier alpha value is -3.26. The Morgan fingerprint density at radius 2 is 2.11 bits per heavy atom.